The number of rotatable bonds is 6. The first kappa shape index (κ1) is 15.9. The monoisotopic (exact) mass is 297 g/mol. The van der Waals surface area contributed by atoms with E-state index in [1.54, 1.807) is 0 Å². The smallest absolute Gasteiger partial charge is 0.221 e. The van der Waals surface area contributed by atoms with E-state index in [1.807, 2.05) is 24.3 Å². The lowest BCUT2D eigenvalue weighted by Gasteiger charge is -2.21. The van der Waals surface area contributed by atoms with E-state index in [0.29, 0.717) is 0 Å². The van der Waals surface area contributed by atoms with Gasteiger partial charge in [0.15, 0.2) is 0 Å². The maximum Gasteiger partial charge on any atom is 0.221 e. The van der Waals surface area contributed by atoms with Gasteiger partial charge in [-0.1, -0.05) is 0 Å². The minimum absolute atomic E-state index is 0.0623. The molecule has 22 heavy (non-hydrogen) atoms. The number of nitrogens with zero attached hydrogens (tertiary/aromatic N) is 1. The van der Waals surface area contributed by atoms with Crippen LogP contribution in [0.3, 0.4) is 0 Å². The molecule has 0 unspecified atom stereocenters. The van der Waals surface area contributed by atoms with E-state index in [0.717, 1.165) is 30.2 Å². The van der Waals surface area contributed by atoms with Crippen molar-refractivity contribution in [1.82, 2.24) is 0 Å². The van der Waals surface area contributed by atoms with Crippen molar-refractivity contribution in [2.24, 2.45) is 0 Å². The summed E-state index contributed by atoms with van der Waals surface area (Å²) < 4.78 is 0. The SMILES string of the molecule is CCN(CC)c1ccc(Nc2ccc(NC(C)=O)cc2)cc1. The van der Waals surface area contributed by atoms with E-state index in [9.17, 15) is 4.79 Å². The molecule has 2 aromatic rings. The minimum atomic E-state index is -0.0623. The van der Waals surface area contributed by atoms with E-state index in [2.05, 4.69) is 53.6 Å². The molecule has 0 atom stereocenters. The second-order valence-corrected chi connectivity index (χ2v) is 5.10. The number of hydrogen-bond donors (Lipinski definition) is 2. The molecular weight excluding hydrogens is 274 g/mol. The minimum Gasteiger partial charge on any atom is -0.372 e. The quantitative estimate of drug-likeness (QED) is 0.838. The highest BCUT2D eigenvalue weighted by molar-refractivity contribution is 5.88. The molecule has 2 N–H and O–H groups in total. The highest BCUT2D eigenvalue weighted by Gasteiger charge is 2.02. The van der Waals surface area contributed by atoms with Gasteiger partial charge in [0.1, 0.15) is 0 Å². The zero-order valence-corrected chi connectivity index (χ0v) is 13.4. The van der Waals surface area contributed by atoms with Gasteiger partial charge in [-0.15, -0.1) is 0 Å². The fourth-order valence-electron chi connectivity index (χ4n) is 2.35. The Morgan fingerprint density at radius 1 is 0.864 bits per heavy atom. The van der Waals surface area contributed by atoms with Crippen LogP contribution < -0.4 is 15.5 Å². The number of amides is 1. The van der Waals surface area contributed by atoms with Crippen LogP contribution in [0.2, 0.25) is 0 Å². The molecule has 2 aromatic carbocycles. The molecule has 116 valence electrons. The molecule has 4 nitrogen and oxygen atoms in total. The van der Waals surface area contributed by atoms with Crippen LogP contribution in [0.15, 0.2) is 48.5 Å². The largest absolute Gasteiger partial charge is 0.372 e. The van der Waals surface area contributed by atoms with Crippen LogP contribution in [-0.2, 0) is 4.79 Å². The maximum absolute atomic E-state index is 11.0. The van der Waals surface area contributed by atoms with Crippen molar-refractivity contribution in [3.8, 4) is 0 Å². The normalized spacial score (nSPS) is 10.1. The topological polar surface area (TPSA) is 44.4 Å². The third-order valence-corrected chi connectivity index (χ3v) is 3.49. The number of nitrogens with one attached hydrogen (secondary N) is 2. The van der Waals surface area contributed by atoms with Gasteiger partial charge in [0.25, 0.3) is 0 Å². The third-order valence-electron chi connectivity index (χ3n) is 3.49. The van der Waals surface area contributed by atoms with Crippen LogP contribution in [0.25, 0.3) is 0 Å². The van der Waals surface area contributed by atoms with Gasteiger partial charge < -0.3 is 15.5 Å². The molecule has 0 aliphatic heterocycles. The summed E-state index contributed by atoms with van der Waals surface area (Å²) in [6.07, 6.45) is 0. The van der Waals surface area contributed by atoms with Crippen LogP contribution in [0.1, 0.15) is 20.8 Å². The van der Waals surface area contributed by atoms with Crippen molar-refractivity contribution in [2.45, 2.75) is 20.8 Å². The van der Waals surface area contributed by atoms with Crippen molar-refractivity contribution >= 4 is 28.7 Å². The third kappa shape index (κ3) is 4.25. The van der Waals surface area contributed by atoms with Crippen LogP contribution in [0, 0.1) is 0 Å². The number of hydrogen-bond acceptors (Lipinski definition) is 3. The van der Waals surface area contributed by atoms with Gasteiger partial charge in [0.05, 0.1) is 0 Å². The lowest BCUT2D eigenvalue weighted by molar-refractivity contribution is -0.114. The van der Waals surface area contributed by atoms with E-state index in [1.165, 1.54) is 12.6 Å². The first-order chi connectivity index (χ1) is 10.6. The van der Waals surface area contributed by atoms with Gasteiger partial charge >= 0.3 is 0 Å². The Morgan fingerprint density at radius 2 is 1.32 bits per heavy atom. The summed E-state index contributed by atoms with van der Waals surface area (Å²) in [5.74, 6) is -0.0623. The standard InChI is InChI=1S/C18H23N3O/c1-4-21(5-2)18-12-10-17(11-13-18)20-16-8-6-15(7-9-16)19-14(3)22/h6-13,20H,4-5H2,1-3H3,(H,19,22). The molecule has 2 rings (SSSR count). The first-order valence-corrected chi connectivity index (χ1v) is 7.62. The highest BCUT2D eigenvalue weighted by Crippen LogP contribution is 2.22. The van der Waals surface area contributed by atoms with Gasteiger partial charge in [-0.25, -0.2) is 0 Å². The molecule has 0 bridgehead atoms. The second-order valence-electron chi connectivity index (χ2n) is 5.10. The van der Waals surface area contributed by atoms with Crippen LogP contribution >= 0.6 is 0 Å². The van der Waals surface area contributed by atoms with Crippen molar-refractivity contribution in [3.05, 3.63) is 48.5 Å². The Hall–Kier alpha value is -2.49. The Bertz CT molecular complexity index is 601. The molecule has 4 heteroatoms. The molecule has 0 radical (unpaired) electrons. The van der Waals surface area contributed by atoms with Crippen molar-refractivity contribution in [3.63, 3.8) is 0 Å². The summed E-state index contributed by atoms with van der Waals surface area (Å²) in [6.45, 7) is 7.84. The van der Waals surface area contributed by atoms with E-state index >= 15 is 0 Å². The molecule has 0 aromatic heterocycles. The van der Waals surface area contributed by atoms with Crippen LogP contribution in [0.5, 0.6) is 0 Å². The number of carbonyl (C=O) groups excluding carboxylic acids is 1. The lowest BCUT2D eigenvalue weighted by Crippen LogP contribution is -2.21. The van der Waals surface area contributed by atoms with Gasteiger partial charge in [0, 0.05) is 42.8 Å². The molecule has 0 heterocycles. The molecule has 0 saturated heterocycles. The molecule has 1 amide bonds. The highest BCUT2D eigenvalue weighted by atomic mass is 16.1. The maximum atomic E-state index is 11.0. The summed E-state index contributed by atoms with van der Waals surface area (Å²) in [5, 5.41) is 6.11. The summed E-state index contributed by atoms with van der Waals surface area (Å²) in [7, 11) is 0. The summed E-state index contributed by atoms with van der Waals surface area (Å²) in [6, 6.07) is 16.1. The summed E-state index contributed by atoms with van der Waals surface area (Å²) in [4.78, 5) is 13.3. The fraction of sp³-hybridized carbons (Fsp3) is 0.278. The average Bonchev–Trinajstić information content (AvgIpc) is 2.51. The van der Waals surface area contributed by atoms with Crippen molar-refractivity contribution in [2.75, 3.05) is 28.6 Å². The van der Waals surface area contributed by atoms with Gasteiger partial charge in [-0.05, 0) is 62.4 Å². The Morgan fingerprint density at radius 3 is 1.77 bits per heavy atom. The van der Waals surface area contributed by atoms with Crippen LogP contribution in [0.4, 0.5) is 22.7 Å². The zero-order chi connectivity index (χ0) is 15.9. The lowest BCUT2D eigenvalue weighted by atomic mass is 10.2. The van der Waals surface area contributed by atoms with Gasteiger partial charge in [0.2, 0.25) is 5.91 Å². The fourth-order valence-corrected chi connectivity index (χ4v) is 2.35. The molecule has 0 aliphatic rings. The van der Waals surface area contributed by atoms with E-state index in [-0.39, 0.29) is 5.91 Å². The Kier molecular flexibility index (Phi) is 5.42. The summed E-state index contributed by atoms with van der Waals surface area (Å²) >= 11 is 0. The molecule has 0 spiro atoms. The van der Waals surface area contributed by atoms with E-state index in [4.69, 9.17) is 0 Å². The Balaban J connectivity index is 2.03. The number of anilines is 4. The van der Waals surface area contributed by atoms with Gasteiger partial charge in [-0.3, -0.25) is 4.79 Å². The second kappa shape index (κ2) is 7.50. The Labute approximate surface area is 132 Å². The average molecular weight is 297 g/mol. The molecule has 0 fully saturated rings. The number of carbonyl (C=O) groups is 1. The molecule has 0 aliphatic carbocycles. The number of benzene rings is 2. The molecular formula is C18H23N3O. The van der Waals surface area contributed by atoms with Crippen molar-refractivity contribution < 1.29 is 4.79 Å². The van der Waals surface area contributed by atoms with Crippen LogP contribution in [-0.4, -0.2) is 19.0 Å². The first-order valence-electron chi connectivity index (χ1n) is 7.62. The predicted molar refractivity (Wildman–Crippen MR) is 94.0 cm³/mol. The summed E-state index contributed by atoms with van der Waals surface area (Å²) in [5.41, 5.74) is 4.07. The van der Waals surface area contributed by atoms with E-state index < -0.39 is 0 Å². The van der Waals surface area contributed by atoms with Crippen molar-refractivity contribution in [1.29, 1.82) is 0 Å². The van der Waals surface area contributed by atoms with Gasteiger partial charge in [-0.2, -0.15) is 0 Å². The zero-order valence-electron chi connectivity index (χ0n) is 13.4. The molecule has 0 saturated carbocycles. The predicted octanol–water partition coefficient (Wildman–Crippen LogP) is 4.23.